The highest BCUT2D eigenvalue weighted by atomic mass is 16.5. The smallest absolute Gasteiger partial charge is 0.253 e. The van der Waals surface area contributed by atoms with E-state index in [1.54, 1.807) is 4.90 Å². The fourth-order valence-corrected chi connectivity index (χ4v) is 3.50. The lowest BCUT2D eigenvalue weighted by Gasteiger charge is -2.17. The number of aromatic nitrogens is 2. The number of nitrogens with one attached hydrogen (secondary N) is 1. The summed E-state index contributed by atoms with van der Waals surface area (Å²) in [6.45, 7) is 1.15. The number of rotatable bonds is 9. The Morgan fingerprint density at radius 1 is 0.938 bits per heavy atom. The SMILES string of the molecule is CN(CCCc1cc(-c2ccccc2)n[nH]1)C(=O)c1ccc(COc2ccccc2)cc1. The zero-order valence-electron chi connectivity index (χ0n) is 18.2. The number of aromatic amines is 1. The Balaban J connectivity index is 1.24. The molecule has 5 heteroatoms. The van der Waals surface area contributed by atoms with Crippen LogP contribution in [-0.2, 0) is 13.0 Å². The number of benzene rings is 3. The van der Waals surface area contributed by atoms with Gasteiger partial charge in [0, 0.05) is 30.4 Å². The molecule has 0 bridgehead atoms. The van der Waals surface area contributed by atoms with Gasteiger partial charge in [0.2, 0.25) is 0 Å². The second-order valence-electron chi connectivity index (χ2n) is 7.77. The van der Waals surface area contributed by atoms with Crippen molar-refractivity contribution in [2.24, 2.45) is 0 Å². The van der Waals surface area contributed by atoms with E-state index in [9.17, 15) is 4.79 Å². The molecule has 3 aromatic carbocycles. The van der Waals surface area contributed by atoms with Crippen LogP contribution in [0.25, 0.3) is 11.3 Å². The summed E-state index contributed by atoms with van der Waals surface area (Å²) in [5.41, 5.74) is 4.83. The first kappa shape index (κ1) is 21.4. The van der Waals surface area contributed by atoms with E-state index < -0.39 is 0 Å². The van der Waals surface area contributed by atoms with Crippen molar-refractivity contribution in [3.63, 3.8) is 0 Å². The third kappa shape index (κ3) is 5.64. The van der Waals surface area contributed by atoms with Gasteiger partial charge >= 0.3 is 0 Å². The number of ether oxygens (including phenoxy) is 1. The second-order valence-corrected chi connectivity index (χ2v) is 7.77. The van der Waals surface area contributed by atoms with Crippen LogP contribution in [0.15, 0.2) is 91.0 Å². The molecule has 5 nitrogen and oxygen atoms in total. The van der Waals surface area contributed by atoms with Gasteiger partial charge in [0.1, 0.15) is 12.4 Å². The second kappa shape index (κ2) is 10.4. The molecule has 0 fully saturated rings. The van der Waals surface area contributed by atoms with Gasteiger partial charge in [-0.2, -0.15) is 5.10 Å². The van der Waals surface area contributed by atoms with Crippen LogP contribution in [0.1, 0.15) is 28.0 Å². The Bertz CT molecular complexity index is 1120. The van der Waals surface area contributed by atoms with E-state index in [4.69, 9.17) is 4.74 Å². The van der Waals surface area contributed by atoms with Crippen molar-refractivity contribution in [1.82, 2.24) is 15.1 Å². The molecule has 32 heavy (non-hydrogen) atoms. The van der Waals surface area contributed by atoms with Crippen molar-refractivity contribution in [1.29, 1.82) is 0 Å². The monoisotopic (exact) mass is 425 g/mol. The largest absolute Gasteiger partial charge is 0.489 e. The van der Waals surface area contributed by atoms with E-state index in [1.165, 1.54) is 0 Å². The summed E-state index contributed by atoms with van der Waals surface area (Å²) < 4.78 is 5.76. The molecular formula is C27H27N3O2. The van der Waals surface area contributed by atoms with Gasteiger partial charge in [-0.1, -0.05) is 60.7 Å². The van der Waals surface area contributed by atoms with E-state index in [2.05, 4.69) is 16.3 Å². The fraction of sp³-hybridized carbons (Fsp3) is 0.185. The molecule has 1 N–H and O–H groups in total. The Kier molecular flexibility index (Phi) is 6.98. The standard InChI is InChI=1S/C27H27N3O2/c1-30(18-8-11-24-19-26(29-28-24)22-9-4-2-5-10-22)27(31)23-16-14-21(15-17-23)20-32-25-12-6-3-7-13-25/h2-7,9-10,12-17,19H,8,11,18,20H2,1H3,(H,28,29). The number of hydrogen-bond acceptors (Lipinski definition) is 3. The lowest BCUT2D eigenvalue weighted by molar-refractivity contribution is 0.0793. The molecule has 0 radical (unpaired) electrons. The average molecular weight is 426 g/mol. The predicted octanol–water partition coefficient (Wildman–Crippen LogP) is 5.36. The van der Waals surface area contributed by atoms with E-state index in [-0.39, 0.29) is 5.91 Å². The number of carbonyl (C=O) groups excluding carboxylic acids is 1. The molecule has 0 aliphatic carbocycles. The minimum atomic E-state index is 0.0233. The predicted molar refractivity (Wildman–Crippen MR) is 127 cm³/mol. The highest BCUT2D eigenvalue weighted by molar-refractivity contribution is 5.94. The quantitative estimate of drug-likeness (QED) is 0.393. The molecule has 1 aromatic heterocycles. The molecule has 0 aliphatic rings. The lowest BCUT2D eigenvalue weighted by atomic mass is 10.1. The number of H-pyrrole nitrogens is 1. The molecule has 4 aromatic rings. The van der Waals surface area contributed by atoms with Gasteiger partial charge in [0.15, 0.2) is 0 Å². The first-order valence-electron chi connectivity index (χ1n) is 10.8. The molecule has 162 valence electrons. The number of carbonyl (C=O) groups is 1. The van der Waals surface area contributed by atoms with Crippen LogP contribution in [0.4, 0.5) is 0 Å². The number of aryl methyl sites for hydroxylation is 1. The minimum Gasteiger partial charge on any atom is -0.489 e. The summed E-state index contributed by atoms with van der Waals surface area (Å²) in [6.07, 6.45) is 1.70. The highest BCUT2D eigenvalue weighted by Gasteiger charge is 2.12. The Morgan fingerprint density at radius 2 is 1.62 bits per heavy atom. The van der Waals surface area contributed by atoms with E-state index in [0.717, 1.165) is 41.1 Å². The van der Waals surface area contributed by atoms with Crippen molar-refractivity contribution >= 4 is 5.91 Å². The van der Waals surface area contributed by atoms with E-state index in [1.807, 2.05) is 92.0 Å². The van der Waals surface area contributed by atoms with Gasteiger partial charge in [-0.25, -0.2) is 0 Å². The zero-order chi connectivity index (χ0) is 22.2. The van der Waals surface area contributed by atoms with Crippen molar-refractivity contribution in [3.05, 3.63) is 108 Å². The number of para-hydroxylation sites is 1. The molecular weight excluding hydrogens is 398 g/mol. The van der Waals surface area contributed by atoms with Crippen LogP contribution >= 0.6 is 0 Å². The Morgan fingerprint density at radius 3 is 2.34 bits per heavy atom. The minimum absolute atomic E-state index is 0.0233. The molecule has 0 aliphatic heterocycles. The van der Waals surface area contributed by atoms with Crippen molar-refractivity contribution in [2.45, 2.75) is 19.4 Å². The Hall–Kier alpha value is -3.86. The Labute approximate surface area is 188 Å². The van der Waals surface area contributed by atoms with Crippen LogP contribution in [0, 0.1) is 0 Å². The third-order valence-corrected chi connectivity index (χ3v) is 5.34. The molecule has 0 saturated carbocycles. The van der Waals surface area contributed by atoms with Gasteiger partial charge in [0.25, 0.3) is 5.91 Å². The van der Waals surface area contributed by atoms with Crippen LogP contribution < -0.4 is 4.74 Å². The lowest BCUT2D eigenvalue weighted by Crippen LogP contribution is -2.28. The molecule has 1 amide bonds. The summed E-state index contributed by atoms with van der Waals surface area (Å²) >= 11 is 0. The molecule has 0 unspecified atom stereocenters. The summed E-state index contributed by atoms with van der Waals surface area (Å²) in [5, 5.41) is 7.50. The first-order valence-corrected chi connectivity index (χ1v) is 10.8. The maximum absolute atomic E-state index is 12.7. The van der Waals surface area contributed by atoms with Gasteiger partial charge in [-0.05, 0) is 48.7 Å². The molecule has 0 saturated heterocycles. The fourth-order valence-electron chi connectivity index (χ4n) is 3.50. The van der Waals surface area contributed by atoms with E-state index in [0.29, 0.717) is 18.7 Å². The van der Waals surface area contributed by atoms with Gasteiger partial charge in [-0.3, -0.25) is 9.89 Å². The molecule has 4 rings (SSSR count). The van der Waals surface area contributed by atoms with Crippen LogP contribution in [-0.4, -0.2) is 34.6 Å². The van der Waals surface area contributed by atoms with Crippen LogP contribution in [0.5, 0.6) is 5.75 Å². The molecule has 0 atom stereocenters. The molecule has 0 spiro atoms. The van der Waals surface area contributed by atoms with Crippen molar-refractivity contribution < 1.29 is 9.53 Å². The zero-order valence-corrected chi connectivity index (χ0v) is 18.2. The van der Waals surface area contributed by atoms with E-state index >= 15 is 0 Å². The third-order valence-electron chi connectivity index (χ3n) is 5.34. The first-order chi connectivity index (χ1) is 15.7. The summed E-state index contributed by atoms with van der Waals surface area (Å²) in [4.78, 5) is 14.5. The average Bonchev–Trinajstić information content (AvgIpc) is 3.33. The number of hydrogen-bond donors (Lipinski definition) is 1. The van der Waals surface area contributed by atoms with Gasteiger partial charge in [0.05, 0.1) is 5.69 Å². The van der Waals surface area contributed by atoms with Gasteiger partial charge < -0.3 is 9.64 Å². The topological polar surface area (TPSA) is 58.2 Å². The molecule has 1 heterocycles. The normalized spacial score (nSPS) is 10.7. The summed E-state index contributed by atoms with van der Waals surface area (Å²) in [6, 6.07) is 29.5. The van der Waals surface area contributed by atoms with Gasteiger partial charge in [-0.15, -0.1) is 0 Å². The highest BCUT2D eigenvalue weighted by Crippen LogP contribution is 2.18. The van der Waals surface area contributed by atoms with Crippen LogP contribution in [0.3, 0.4) is 0 Å². The van der Waals surface area contributed by atoms with Crippen molar-refractivity contribution in [2.75, 3.05) is 13.6 Å². The van der Waals surface area contributed by atoms with Crippen molar-refractivity contribution in [3.8, 4) is 17.0 Å². The summed E-state index contributed by atoms with van der Waals surface area (Å²) in [7, 11) is 1.84. The number of amides is 1. The maximum atomic E-state index is 12.7. The number of nitrogens with zero attached hydrogens (tertiary/aromatic N) is 2. The maximum Gasteiger partial charge on any atom is 0.253 e. The summed E-state index contributed by atoms with van der Waals surface area (Å²) in [5.74, 6) is 0.857. The van der Waals surface area contributed by atoms with Crippen LogP contribution in [0.2, 0.25) is 0 Å².